The molecule has 3 aromatic carbocycles. The molecule has 8 nitrogen and oxygen atoms in total. The standard InChI is InChI=1S/C32H38FN3O5S/c1-4-41-30-12-8-7-11-29(30)36(42(39,40)28-19-13-23(2)14-20-28)22-31(37)35(21-25-15-17-26(33)18-16-25)24(3)32(38)34-27-9-5-6-10-27/h7-8,11-20,24,27H,4-6,9-10,21-22H2,1-3H3,(H,34,38)/t24-/m1/s1. The monoisotopic (exact) mass is 595 g/mol. The molecule has 0 saturated heterocycles. The Labute approximate surface area is 247 Å². The molecule has 0 bridgehead atoms. The van der Waals surface area contributed by atoms with Crippen LogP contribution in [0.4, 0.5) is 10.1 Å². The molecule has 0 radical (unpaired) electrons. The van der Waals surface area contributed by atoms with E-state index < -0.39 is 34.3 Å². The summed E-state index contributed by atoms with van der Waals surface area (Å²) in [6.07, 6.45) is 3.81. The third-order valence-electron chi connectivity index (χ3n) is 7.46. The first kappa shape index (κ1) is 31.0. The van der Waals surface area contributed by atoms with Gasteiger partial charge in [-0.05, 0) is 75.6 Å². The Morgan fingerprint density at radius 2 is 1.64 bits per heavy atom. The van der Waals surface area contributed by atoms with Crippen molar-refractivity contribution in [2.24, 2.45) is 0 Å². The summed E-state index contributed by atoms with van der Waals surface area (Å²) in [6.45, 7) is 4.97. The van der Waals surface area contributed by atoms with E-state index in [1.54, 1.807) is 62.4 Å². The van der Waals surface area contributed by atoms with Crippen LogP contribution in [0.5, 0.6) is 5.75 Å². The summed E-state index contributed by atoms with van der Waals surface area (Å²) in [7, 11) is -4.23. The summed E-state index contributed by atoms with van der Waals surface area (Å²) in [4.78, 5) is 28.8. The van der Waals surface area contributed by atoms with Crippen molar-refractivity contribution < 1.29 is 27.1 Å². The maximum atomic E-state index is 14.1. The van der Waals surface area contributed by atoms with E-state index in [1.165, 1.54) is 29.2 Å². The van der Waals surface area contributed by atoms with Gasteiger partial charge < -0.3 is 15.0 Å². The van der Waals surface area contributed by atoms with Crippen LogP contribution in [-0.2, 0) is 26.2 Å². The zero-order valence-electron chi connectivity index (χ0n) is 24.3. The van der Waals surface area contributed by atoms with E-state index in [0.29, 0.717) is 17.9 Å². The molecule has 0 heterocycles. The van der Waals surface area contributed by atoms with Gasteiger partial charge in [0.25, 0.3) is 10.0 Å². The number of carbonyl (C=O) groups is 2. The van der Waals surface area contributed by atoms with Crippen molar-refractivity contribution >= 4 is 27.5 Å². The largest absolute Gasteiger partial charge is 0.492 e. The highest BCUT2D eigenvalue weighted by molar-refractivity contribution is 7.92. The highest BCUT2D eigenvalue weighted by Crippen LogP contribution is 2.33. The number of sulfonamides is 1. The van der Waals surface area contributed by atoms with Crippen molar-refractivity contribution in [2.45, 2.75) is 70.0 Å². The molecule has 42 heavy (non-hydrogen) atoms. The fraction of sp³-hybridized carbons (Fsp3) is 0.375. The Hall–Kier alpha value is -3.92. The van der Waals surface area contributed by atoms with Crippen LogP contribution in [0.1, 0.15) is 50.7 Å². The van der Waals surface area contributed by atoms with E-state index >= 15 is 0 Å². The van der Waals surface area contributed by atoms with E-state index in [-0.39, 0.29) is 29.1 Å². The number of aryl methyl sites for hydroxylation is 1. The zero-order valence-corrected chi connectivity index (χ0v) is 25.1. The molecule has 1 atom stereocenters. The minimum absolute atomic E-state index is 0.0100. The minimum Gasteiger partial charge on any atom is -0.492 e. The van der Waals surface area contributed by atoms with Gasteiger partial charge in [-0.1, -0.05) is 54.8 Å². The lowest BCUT2D eigenvalue weighted by atomic mass is 10.1. The molecule has 0 unspecified atom stereocenters. The van der Waals surface area contributed by atoms with Gasteiger partial charge in [-0.25, -0.2) is 12.8 Å². The summed E-state index contributed by atoms with van der Waals surface area (Å²) in [6, 6.07) is 17.8. The van der Waals surface area contributed by atoms with Crippen LogP contribution in [-0.4, -0.2) is 50.4 Å². The number of rotatable bonds is 12. The lowest BCUT2D eigenvalue weighted by molar-refractivity contribution is -0.139. The lowest BCUT2D eigenvalue weighted by Crippen LogP contribution is -2.52. The maximum absolute atomic E-state index is 14.1. The molecule has 2 amide bonds. The summed E-state index contributed by atoms with van der Waals surface area (Å²) in [5.74, 6) is -1.03. The van der Waals surface area contributed by atoms with Gasteiger partial charge in [-0.2, -0.15) is 0 Å². The Morgan fingerprint density at radius 1 is 1.00 bits per heavy atom. The summed E-state index contributed by atoms with van der Waals surface area (Å²) in [5.41, 5.74) is 1.70. The Kier molecular flexibility index (Phi) is 10.2. The van der Waals surface area contributed by atoms with Crippen molar-refractivity contribution in [1.29, 1.82) is 0 Å². The molecule has 1 aliphatic rings. The number of para-hydroxylation sites is 2. The van der Waals surface area contributed by atoms with E-state index in [4.69, 9.17) is 4.74 Å². The molecule has 3 aromatic rings. The van der Waals surface area contributed by atoms with Crippen molar-refractivity contribution in [1.82, 2.24) is 10.2 Å². The molecule has 4 rings (SSSR count). The van der Waals surface area contributed by atoms with Gasteiger partial charge >= 0.3 is 0 Å². The summed E-state index contributed by atoms with van der Waals surface area (Å²) < 4.78 is 48.6. The van der Waals surface area contributed by atoms with Crippen LogP contribution < -0.4 is 14.4 Å². The predicted molar refractivity (Wildman–Crippen MR) is 160 cm³/mol. The third kappa shape index (κ3) is 7.47. The second kappa shape index (κ2) is 13.8. The maximum Gasteiger partial charge on any atom is 0.264 e. The molecule has 0 aliphatic heterocycles. The molecule has 1 fully saturated rings. The van der Waals surface area contributed by atoms with Gasteiger partial charge in [-0.3, -0.25) is 13.9 Å². The molecule has 0 aromatic heterocycles. The van der Waals surface area contributed by atoms with Crippen LogP contribution in [0.15, 0.2) is 77.7 Å². The van der Waals surface area contributed by atoms with Gasteiger partial charge in [0.1, 0.15) is 24.2 Å². The van der Waals surface area contributed by atoms with Crippen LogP contribution in [0.3, 0.4) is 0 Å². The van der Waals surface area contributed by atoms with Gasteiger partial charge in [0.15, 0.2) is 0 Å². The average molecular weight is 596 g/mol. The topological polar surface area (TPSA) is 96.0 Å². The number of ether oxygens (including phenoxy) is 1. The first-order valence-electron chi connectivity index (χ1n) is 14.3. The van der Waals surface area contributed by atoms with E-state index in [1.807, 2.05) is 6.92 Å². The SMILES string of the molecule is CCOc1ccccc1N(CC(=O)N(Cc1ccc(F)cc1)[C@H](C)C(=O)NC1CCCC1)S(=O)(=O)c1ccc(C)cc1. The number of nitrogens with one attached hydrogen (secondary N) is 1. The van der Waals surface area contributed by atoms with Crippen LogP contribution in [0.25, 0.3) is 0 Å². The number of amides is 2. The normalized spacial score (nSPS) is 14.3. The summed E-state index contributed by atoms with van der Waals surface area (Å²) >= 11 is 0. The van der Waals surface area contributed by atoms with Crippen molar-refractivity contribution in [2.75, 3.05) is 17.5 Å². The molecule has 1 N–H and O–H groups in total. The van der Waals surface area contributed by atoms with E-state index in [9.17, 15) is 22.4 Å². The number of halogens is 1. The molecule has 1 aliphatic carbocycles. The molecule has 224 valence electrons. The van der Waals surface area contributed by atoms with Crippen LogP contribution >= 0.6 is 0 Å². The van der Waals surface area contributed by atoms with Gasteiger partial charge in [-0.15, -0.1) is 0 Å². The first-order valence-corrected chi connectivity index (χ1v) is 15.7. The number of benzene rings is 3. The fourth-order valence-electron chi connectivity index (χ4n) is 5.05. The second-order valence-electron chi connectivity index (χ2n) is 10.5. The van der Waals surface area contributed by atoms with Crippen molar-refractivity contribution in [3.05, 3.63) is 89.7 Å². The highest BCUT2D eigenvalue weighted by atomic mass is 32.2. The molecule has 1 saturated carbocycles. The molecular weight excluding hydrogens is 557 g/mol. The smallest absolute Gasteiger partial charge is 0.264 e. The minimum atomic E-state index is -4.23. The molecule has 10 heteroatoms. The summed E-state index contributed by atoms with van der Waals surface area (Å²) in [5, 5.41) is 3.04. The third-order valence-corrected chi connectivity index (χ3v) is 9.23. The van der Waals surface area contributed by atoms with Crippen LogP contribution in [0, 0.1) is 12.7 Å². The number of hydrogen-bond donors (Lipinski definition) is 1. The van der Waals surface area contributed by atoms with E-state index in [2.05, 4.69) is 5.32 Å². The first-order chi connectivity index (χ1) is 20.1. The Bertz CT molecular complexity index is 1470. The average Bonchev–Trinajstić information content (AvgIpc) is 3.49. The van der Waals surface area contributed by atoms with Crippen LogP contribution in [0.2, 0.25) is 0 Å². The van der Waals surface area contributed by atoms with Crippen molar-refractivity contribution in [3.63, 3.8) is 0 Å². The number of nitrogens with zero attached hydrogens (tertiary/aromatic N) is 2. The van der Waals surface area contributed by atoms with Crippen molar-refractivity contribution in [3.8, 4) is 5.75 Å². The number of hydrogen-bond acceptors (Lipinski definition) is 5. The van der Waals surface area contributed by atoms with Gasteiger partial charge in [0.05, 0.1) is 17.2 Å². The quantitative estimate of drug-likeness (QED) is 0.310. The molecular formula is C32H38FN3O5S. The molecule has 0 spiro atoms. The fourth-order valence-corrected chi connectivity index (χ4v) is 6.48. The highest BCUT2D eigenvalue weighted by Gasteiger charge is 2.34. The van der Waals surface area contributed by atoms with Gasteiger partial charge in [0.2, 0.25) is 11.8 Å². The second-order valence-corrected chi connectivity index (χ2v) is 12.4. The predicted octanol–water partition coefficient (Wildman–Crippen LogP) is 5.20. The number of anilines is 1. The zero-order chi connectivity index (χ0) is 30.3. The van der Waals surface area contributed by atoms with E-state index in [0.717, 1.165) is 35.6 Å². The number of carbonyl (C=O) groups excluding carboxylic acids is 2. The van der Waals surface area contributed by atoms with Gasteiger partial charge in [0, 0.05) is 12.6 Å². The Morgan fingerprint density at radius 3 is 2.29 bits per heavy atom. The lowest BCUT2D eigenvalue weighted by Gasteiger charge is -2.33. The Balaban J connectivity index is 1.72.